The molecule has 2 amide bonds. The van der Waals surface area contributed by atoms with Crippen molar-refractivity contribution in [2.45, 2.75) is 46.5 Å². The van der Waals surface area contributed by atoms with Gasteiger partial charge in [0.25, 0.3) is 5.91 Å². The van der Waals surface area contributed by atoms with Gasteiger partial charge in [0.2, 0.25) is 5.91 Å². The first-order valence-electron chi connectivity index (χ1n) is 10.7. The fraction of sp³-hybridized carbons (Fsp3) is 0.478. The second-order valence-electron chi connectivity index (χ2n) is 7.69. The Kier molecular flexibility index (Phi) is 7.87. The Morgan fingerprint density at radius 2 is 1.93 bits per heavy atom. The fourth-order valence-corrected chi connectivity index (χ4v) is 5.05. The molecule has 1 aromatic heterocycles. The van der Waals surface area contributed by atoms with Crippen LogP contribution in [-0.2, 0) is 17.6 Å². The molecule has 1 aliphatic rings. The number of hydrogen-bond acceptors (Lipinski definition) is 5. The second kappa shape index (κ2) is 10.6. The van der Waals surface area contributed by atoms with Crippen LogP contribution in [0, 0.1) is 5.92 Å². The lowest BCUT2D eigenvalue weighted by Crippen LogP contribution is -2.29. The normalized spacial score (nSPS) is 15.4. The van der Waals surface area contributed by atoms with Gasteiger partial charge in [0, 0.05) is 10.6 Å². The Balaban J connectivity index is 1.80. The summed E-state index contributed by atoms with van der Waals surface area (Å²) in [5, 5.41) is 9.72. The number of nitrogens with one attached hydrogen (secondary N) is 3. The minimum absolute atomic E-state index is 0.120. The van der Waals surface area contributed by atoms with E-state index < -0.39 is 0 Å². The van der Waals surface area contributed by atoms with Crippen LogP contribution in [0.1, 0.15) is 54.4 Å². The summed E-state index contributed by atoms with van der Waals surface area (Å²) >= 11 is 1.54. The lowest BCUT2D eigenvalue weighted by atomic mass is 9.88. The molecule has 0 bridgehead atoms. The van der Waals surface area contributed by atoms with Gasteiger partial charge in [0.05, 0.1) is 18.7 Å². The molecule has 1 heterocycles. The Morgan fingerprint density at radius 3 is 2.63 bits per heavy atom. The first-order chi connectivity index (χ1) is 14.5. The van der Waals surface area contributed by atoms with Crippen molar-refractivity contribution >= 4 is 33.8 Å². The molecule has 1 aliphatic carbocycles. The largest absolute Gasteiger partial charge is 0.494 e. The summed E-state index contributed by atoms with van der Waals surface area (Å²) in [7, 11) is 0. The fourth-order valence-electron chi connectivity index (χ4n) is 3.62. The molecular formula is C23H31N3O3S. The molecule has 0 radical (unpaired) electrons. The highest BCUT2D eigenvalue weighted by atomic mass is 32.1. The number of anilines is 2. The molecule has 1 atom stereocenters. The van der Waals surface area contributed by atoms with E-state index in [1.165, 1.54) is 4.88 Å². The number of amides is 2. The molecule has 2 aromatic rings. The molecule has 0 fully saturated rings. The van der Waals surface area contributed by atoms with Gasteiger partial charge < -0.3 is 20.7 Å². The molecule has 6 nitrogen and oxygen atoms in total. The van der Waals surface area contributed by atoms with Crippen molar-refractivity contribution in [3.63, 3.8) is 0 Å². The number of thiophene rings is 1. The van der Waals surface area contributed by atoms with Gasteiger partial charge in [-0.1, -0.05) is 13.8 Å². The third-order valence-corrected chi connectivity index (χ3v) is 6.30. The summed E-state index contributed by atoms with van der Waals surface area (Å²) in [4.78, 5) is 26.8. The standard InChI is InChI=1S/C23H31N3O3S/c1-4-12-24-14-20(27)26-23-21(18-11-6-15(3)13-19(18)30-23)22(28)25-16-7-9-17(10-8-16)29-5-2/h7-10,15,24H,4-6,11-14H2,1-3H3,(H,25,28)(H,26,27)/t15-/m0/s1. The molecular weight excluding hydrogens is 398 g/mol. The zero-order chi connectivity index (χ0) is 21.5. The minimum atomic E-state index is -0.178. The highest BCUT2D eigenvalue weighted by Crippen LogP contribution is 2.40. The molecule has 7 heteroatoms. The van der Waals surface area contributed by atoms with E-state index in [2.05, 4.69) is 29.8 Å². The third-order valence-electron chi connectivity index (χ3n) is 5.13. The smallest absolute Gasteiger partial charge is 0.258 e. The van der Waals surface area contributed by atoms with Crippen molar-refractivity contribution in [1.82, 2.24) is 5.32 Å². The summed E-state index contributed by atoms with van der Waals surface area (Å²) in [6.07, 6.45) is 3.84. The Bertz CT molecular complexity index is 877. The lowest BCUT2D eigenvalue weighted by Gasteiger charge is -2.18. The van der Waals surface area contributed by atoms with Crippen LogP contribution in [0.3, 0.4) is 0 Å². The number of rotatable bonds is 9. The summed E-state index contributed by atoms with van der Waals surface area (Å²) in [6, 6.07) is 7.34. The van der Waals surface area contributed by atoms with Crippen molar-refractivity contribution in [1.29, 1.82) is 0 Å². The average Bonchev–Trinajstić information content (AvgIpc) is 3.06. The summed E-state index contributed by atoms with van der Waals surface area (Å²) in [6.45, 7) is 7.85. The van der Waals surface area contributed by atoms with E-state index in [0.29, 0.717) is 28.8 Å². The van der Waals surface area contributed by atoms with Gasteiger partial charge in [0.15, 0.2) is 0 Å². The maximum Gasteiger partial charge on any atom is 0.258 e. The van der Waals surface area contributed by atoms with Crippen LogP contribution in [0.5, 0.6) is 5.75 Å². The summed E-state index contributed by atoms with van der Waals surface area (Å²) in [5.41, 5.74) is 2.40. The van der Waals surface area contributed by atoms with Gasteiger partial charge in [-0.25, -0.2) is 0 Å². The molecule has 0 aliphatic heterocycles. The minimum Gasteiger partial charge on any atom is -0.494 e. The maximum absolute atomic E-state index is 13.2. The van der Waals surface area contributed by atoms with Crippen LogP contribution in [0.25, 0.3) is 0 Å². The SMILES string of the molecule is CCCNCC(=O)Nc1sc2c(c1C(=O)Nc1ccc(OCC)cc1)CC[C@H](C)C2. The van der Waals surface area contributed by atoms with Crippen molar-refractivity contribution in [3.8, 4) is 5.75 Å². The van der Waals surface area contributed by atoms with Crippen molar-refractivity contribution in [2.75, 3.05) is 30.3 Å². The molecule has 0 spiro atoms. The maximum atomic E-state index is 13.2. The predicted molar refractivity (Wildman–Crippen MR) is 123 cm³/mol. The zero-order valence-corrected chi connectivity index (χ0v) is 18.8. The van der Waals surface area contributed by atoms with Crippen molar-refractivity contribution in [2.24, 2.45) is 5.92 Å². The predicted octanol–water partition coefficient (Wildman–Crippen LogP) is 4.46. The molecule has 0 saturated carbocycles. The lowest BCUT2D eigenvalue weighted by molar-refractivity contribution is -0.115. The van der Waals surface area contributed by atoms with E-state index in [1.807, 2.05) is 31.2 Å². The average molecular weight is 430 g/mol. The topological polar surface area (TPSA) is 79.5 Å². The third kappa shape index (κ3) is 5.61. The molecule has 0 saturated heterocycles. The van der Waals surface area contributed by atoms with E-state index in [-0.39, 0.29) is 18.4 Å². The second-order valence-corrected chi connectivity index (χ2v) is 8.80. The first kappa shape index (κ1) is 22.3. The molecule has 3 rings (SSSR count). The van der Waals surface area contributed by atoms with E-state index in [4.69, 9.17) is 4.74 Å². The van der Waals surface area contributed by atoms with Crippen LogP contribution in [0.15, 0.2) is 24.3 Å². The van der Waals surface area contributed by atoms with Crippen molar-refractivity contribution < 1.29 is 14.3 Å². The molecule has 30 heavy (non-hydrogen) atoms. The molecule has 1 aromatic carbocycles. The number of carbonyl (C=O) groups excluding carboxylic acids is 2. The van der Waals surface area contributed by atoms with Crippen LogP contribution < -0.4 is 20.7 Å². The number of ether oxygens (including phenoxy) is 1. The van der Waals surface area contributed by atoms with Crippen molar-refractivity contribution in [3.05, 3.63) is 40.3 Å². The number of benzene rings is 1. The van der Waals surface area contributed by atoms with Gasteiger partial charge in [0.1, 0.15) is 10.8 Å². The number of carbonyl (C=O) groups is 2. The summed E-state index contributed by atoms with van der Waals surface area (Å²) < 4.78 is 5.46. The highest BCUT2D eigenvalue weighted by molar-refractivity contribution is 7.17. The van der Waals surface area contributed by atoms with Gasteiger partial charge in [-0.15, -0.1) is 11.3 Å². The first-order valence-corrected chi connectivity index (χ1v) is 11.5. The highest BCUT2D eigenvalue weighted by Gasteiger charge is 2.28. The zero-order valence-electron chi connectivity index (χ0n) is 18.0. The van der Waals surface area contributed by atoms with E-state index in [1.54, 1.807) is 11.3 Å². The molecule has 162 valence electrons. The van der Waals surface area contributed by atoms with Gasteiger partial charge >= 0.3 is 0 Å². The van der Waals surface area contributed by atoms with Gasteiger partial charge in [-0.2, -0.15) is 0 Å². The van der Waals surface area contributed by atoms with Crippen LogP contribution in [0.2, 0.25) is 0 Å². The quantitative estimate of drug-likeness (QED) is 0.514. The van der Waals surface area contributed by atoms with Gasteiger partial charge in [-0.05, 0) is 74.9 Å². The van der Waals surface area contributed by atoms with Crippen LogP contribution in [0.4, 0.5) is 10.7 Å². The molecule has 0 unspecified atom stereocenters. The van der Waals surface area contributed by atoms with Crippen LogP contribution >= 0.6 is 11.3 Å². The summed E-state index contributed by atoms with van der Waals surface area (Å²) in [5.74, 6) is 1.06. The monoisotopic (exact) mass is 429 g/mol. The van der Waals surface area contributed by atoms with E-state index in [0.717, 1.165) is 43.5 Å². The van der Waals surface area contributed by atoms with E-state index in [9.17, 15) is 9.59 Å². The van der Waals surface area contributed by atoms with E-state index >= 15 is 0 Å². The Hall–Kier alpha value is -2.38. The number of fused-ring (bicyclic) bond motifs is 1. The Morgan fingerprint density at radius 1 is 1.17 bits per heavy atom. The molecule has 3 N–H and O–H groups in total. The number of hydrogen-bond donors (Lipinski definition) is 3. The Labute approximate surface area is 182 Å². The van der Waals surface area contributed by atoms with Crippen LogP contribution in [-0.4, -0.2) is 31.5 Å². The van der Waals surface area contributed by atoms with Gasteiger partial charge in [-0.3, -0.25) is 9.59 Å².